The van der Waals surface area contributed by atoms with E-state index >= 15 is 0 Å². The molecular formula is C18H23N3O3S2. The number of hydrogen-bond acceptors (Lipinski definition) is 5. The van der Waals surface area contributed by atoms with Crippen LogP contribution in [0.5, 0.6) is 0 Å². The zero-order valence-corrected chi connectivity index (χ0v) is 16.1. The first-order chi connectivity index (χ1) is 12.5. The number of amides is 1. The minimum Gasteiger partial charge on any atom is -0.353 e. The maximum atomic E-state index is 12.3. The number of sulfonamides is 1. The lowest BCUT2D eigenvalue weighted by molar-refractivity contribution is -0.121. The fourth-order valence-corrected chi connectivity index (χ4v) is 5.06. The van der Waals surface area contributed by atoms with E-state index in [4.69, 9.17) is 0 Å². The molecule has 0 atom stereocenters. The second kappa shape index (κ2) is 8.64. The largest absolute Gasteiger partial charge is 0.353 e. The first-order valence-electron chi connectivity index (χ1n) is 8.84. The van der Waals surface area contributed by atoms with Gasteiger partial charge in [0.2, 0.25) is 5.91 Å². The summed E-state index contributed by atoms with van der Waals surface area (Å²) in [5.41, 5.74) is 0.576. The van der Waals surface area contributed by atoms with Gasteiger partial charge in [-0.15, -0.1) is 11.3 Å². The van der Waals surface area contributed by atoms with E-state index in [0.717, 1.165) is 25.7 Å². The summed E-state index contributed by atoms with van der Waals surface area (Å²) < 4.78 is 27.1. The van der Waals surface area contributed by atoms with Crippen molar-refractivity contribution in [3.05, 3.63) is 41.4 Å². The zero-order valence-electron chi connectivity index (χ0n) is 14.5. The molecule has 0 spiro atoms. The third-order valence-electron chi connectivity index (χ3n) is 4.39. The standard InChI is InChI=1S/C18H23N3O3S2/c22-17(19-14-8-4-1-2-5-9-14)12-15-13-25-18(20-15)21-26(23,24)16-10-6-3-7-11-16/h3,6-7,10-11,13-14H,1-2,4-5,8-9,12H2,(H,19,22)(H,20,21). The van der Waals surface area contributed by atoms with Crippen molar-refractivity contribution >= 4 is 32.4 Å². The van der Waals surface area contributed by atoms with Gasteiger partial charge in [0, 0.05) is 11.4 Å². The SMILES string of the molecule is O=C(Cc1csc(NS(=O)(=O)c2ccccc2)n1)NC1CCCCCC1. The van der Waals surface area contributed by atoms with Gasteiger partial charge in [-0.05, 0) is 25.0 Å². The highest BCUT2D eigenvalue weighted by atomic mass is 32.2. The van der Waals surface area contributed by atoms with E-state index in [0.29, 0.717) is 5.69 Å². The quantitative estimate of drug-likeness (QED) is 0.737. The van der Waals surface area contributed by atoms with Crippen LogP contribution >= 0.6 is 11.3 Å². The molecule has 1 fully saturated rings. The van der Waals surface area contributed by atoms with Crippen molar-refractivity contribution in [1.82, 2.24) is 10.3 Å². The molecule has 2 aromatic rings. The minimum atomic E-state index is -3.66. The van der Waals surface area contributed by atoms with Gasteiger partial charge >= 0.3 is 0 Å². The third kappa shape index (κ3) is 5.28. The number of nitrogens with zero attached hydrogens (tertiary/aromatic N) is 1. The molecule has 1 heterocycles. The maximum Gasteiger partial charge on any atom is 0.263 e. The Hall–Kier alpha value is -1.93. The predicted molar refractivity (Wildman–Crippen MR) is 103 cm³/mol. The summed E-state index contributed by atoms with van der Waals surface area (Å²) in [4.78, 5) is 16.6. The molecule has 140 valence electrons. The van der Waals surface area contributed by atoms with Crippen LogP contribution in [0.4, 0.5) is 5.13 Å². The number of carbonyl (C=O) groups excluding carboxylic acids is 1. The fourth-order valence-electron chi connectivity index (χ4n) is 3.08. The van der Waals surface area contributed by atoms with Crippen LogP contribution in [0.25, 0.3) is 0 Å². The lowest BCUT2D eigenvalue weighted by atomic mass is 10.1. The second-order valence-electron chi connectivity index (χ2n) is 6.50. The molecule has 0 saturated heterocycles. The normalized spacial score (nSPS) is 16.0. The number of anilines is 1. The van der Waals surface area contributed by atoms with Crippen LogP contribution in [0.15, 0.2) is 40.6 Å². The average Bonchev–Trinajstić information content (AvgIpc) is 2.88. The van der Waals surface area contributed by atoms with Gasteiger partial charge in [-0.1, -0.05) is 43.9 Å². The van der Waals surface area contributed by atoms with Gasteiger partial charge in [-0.3, -0.25) is 9.52 Å². The fraction of sp³-hybridized carbons (Fsp3) is 0.444. The molecule has 0 unspecified atom stereocenters. The van der Waals surface area contributed by atoms with Crippen LogP contribution < -0.4 is 10.0 Å². The average molecular weight is 394 g/mol. The predicted octanol–water partition coefficient (Wildman–Crippen LogP) is 3.33. The van der Waals surface area contributed by atoms with Crippen molar-refractivity contribution in [2.75, 3.05) is 4.72 Å². The molecule has 0 aliphatic heterocycles. The molecule has 1 aliphatic rings. The second-order valence-corrected chi connectivity index (χ2v) is 9.04. The van der Waals surface area contributed by atoms with E-state index in [-0.39, 0.29) is 28.4 Å². The smallest absolute Gasteiger partial charge is 0.263 e. The van der Waals surface area contributed by atoms with Crippen LogP contribution in [0.2, 0.25) is 0 Å². The summed E-state index contributed by atoms with van der Waals surface area (Å²) in [6, 6.07) is 8.39. The van der Waals surface area contributed by atoms with E-state index in [1.165, 1.54) is 36.3 Å². The number of rotatable bonds is 6. The number of nitrogens with one attached hydrogen (secondary N) is 2. The molecule has 3 rings (SSSR count). The van der Waals surface area contributed by atoms with Gasteiger partial charge < -0.3 is 5.32 Å². The molecule has 1 aliphatic carbocycles. The summed E-state index contributed by atoms with van der Waals surface area (Å²) in [7, 11) is -3.66. The van der Waals surface area contributed by atoms with Crippen LogP contribution in [0.1, 0.15) is 44.2 Å². The Morgan fingerprint density at radius 3 is 2.50 bits per heavy atom. The Bertz CT molecular complexity index is 826. The number of carbonyl (C=O) groups is 1. The van der Waals surface area contributed by atoms with Crippen LogP contribution in [-0.2, 0) is 21.2 Å². The topological polar surface area (TPSA) is 88.2 Å². The van der Waals surface area contributed by atoms with Crippen molar-refractivity contribution in [2.45, 2.75) is 55.9 Å². The minimum absolute atomic E-state index is 0.0559. The molecule has 8 heteroatoms. The van der Waals surface area contributed by atoms with E-state index in [9.17, 15) is 13.2 Å². The number of hydrogen-bond donors (Lipinski definition) is 2. The van der Waals surface area contributed by atoms with E-state index in [1.54, 1.807) is 23.6 Å². The van der Waals surface area contributed by atoms with Crippen molar-refractivity contribution in [3.63, 3.8) is 0 Å². The van der Waals surface area contributed by atoms with Gasteiger partial charge in [-0.25, -0.2) is 13.4 Å². The summed E-state index contributed by atoms with van der Waals surface area (Å²) in [5, 5.41) is 5.07. The highest BCUT2D eigenvalue weighted by molar-refractivity contribution is 7.93. The summed E-state index contributed by atoms with van der Waals surface area (Å²) in [6.07, 6.45) is 7.03. The Kier molecular flexibility index (Phi) is 6.26. The van der Waals surface area contributed by atoms with Crippen LogP contribution in [0, 0.1) is 0 Å². The molecule has 1 aromatic heterocycles. The highest BCUT2D eigenvalue weighted by Crippen LogP contribution is 2.21. The molecule has 1 amide bonds. The van der Waals surface area contributed by atoms with Crippen molar-refractivity contribution in [3.8, 4) is 0 Å². The third-order valence-corrected chi connectivity index (χ3v) is 6.68. The van der Waals surface area contributed by atoms with Gasteiger partial charge in [0.1, 0.15) is 0 Å². The Morgan fingerprint density at radius 1 is 1.12 bits per heavy atom. The Balaban J connectivity index is 1.56. The zero-order chi connectivity index (χ0) is 18.4. The van der Waals surface area contributed by atoms with Gasteiger partial charge in [0.05, 0.1) is 17.0 Å². The first-order valence-corrected chi connectivity index (χ1v) is 11.2. The van der Waals surface area contributed by atoms with E-state index in [1.807, 2.05) is 0 Å². The van der Waals surface area contributed by atoms with Gasteiger partial charge in [0.15, 0.2) is 5.13 Å². The Morgan fingerprint density at radius 2 is 1.81 bits per heavy atom. The first kappa shape index (κ1) is 18.8. The molecule has 2 N–H and O–H groups in total. The molecule has 1 aromatic carbocycles. The van der Waals surface area contributed by atoms with E-state index < -0.39 is 10.0 Å². The number of aromatic nitrogens is 1. The van der Waals surface area contributed by atoms with Crippen molar-refractivity contribution < 1.29 is 13.2 Å². The number of thiazole rings is 1. The highest BCUT2D eigenvalue weighted by Gasteiger charge is 2.18. The molecular weight excluding hydrogens is 370 g/mol. The Labute approximate surface area is 158 Å². The molecule has 0 bridgehead atoms. The summed E-state index contributed by atoms with van der Waals surface area (Å²) >= 11 is 1.18. The lowest BCUT2D eigenvalue weighted by Gasteiger charge is -2.15. The van der Waals surface area contributed by atoms with Crippen LogP contribution in [0.3, 0.4) is 0 Å². The molecule has 1 saturated carbocycles. The lowest BCUT2D eigenvalue weighted by Crippen LogP contribution is -2.35. The summed E-state index contributed by atoms with van der Waals surface area (Å²) in [5.74, 6) is -0.0559. The van der Waals surface area contributed by atoms with Gasteiger partial charge in [-0.2, -0.15) is 0 Å². The molecule has 26 heavy (non-hydrogen) atoms. The van der Waals surface area contributed by atoms with Crippen molar-refractivity contribution in [2.24, 2.45) is 0 Å². The van der Waals surface area contributed by atoms with Gasteiger partial charge in [0.25, 0.3) is 10.0 Å². The summed E-state index contributed by atoms with van der Waals surface area (Å²) in [6.45, 7) is 0. The maximum absolute atomic E-state index is 12.3. The monoisotopic (exact) mass is 393 g/mol. The van der Waals surface area contributed by atoms with Crippen molar-refractivity contribution in [1.29, 1.82) is 0 Å². The molecule has 6 nitrogen and oxygen atoms in total. The van der Waals surface area contributed by atoms with E-state index in [2.05, 4.69) is 15.0 Å². The molecule has 0 radical (unpaired) electrons. The number of benzene rings is 1. The van der Waals surface area contributed by atoms with Crippen LogP contribution in [-0.4, -0.2) is 25.4 Å².